The van der Waals surface area contributed by atoms with E-state index in [-0.39, 0.29) is 11.5 Å². The molecule has 0 atom stereocenters. The number of phenolic OH excluding ortho intramolecular Hbond substituents is 1. The SMILES string of the molecule is CCc1cc(Nc2nccn3c(-c4ccc(O)c(F)c4F)cnc23)ccc1C(=O)NCCCN. The minimum absolute atomic E-state index is 0.0433. The molecule has 176 valence electrons. The van der Waals surface area contributed by atoms with E-state index in [0.29, 0.717) is 54.3 Å². The second-order valence-corrected chi connectivity index (χ2v) is 7.62. The fraction of sp³-hybridized carbons (Fsp3) is 0.208. The summed E-state index contributed by atoms with van der Waals surface area (Å²) in [5, 5.41) is 15.5. The maximum absolute atomic E-state index is 14.4. The molecule has 10 heteroatoms. The molecule has 5 N–H and O–H groups in total. The van der Waals surface area contributed by atoms with E-state index in [4.69, 9.17) is 5.73 Å². The number of halogens is 2. The maximum atomic E-state index is 14.4. The third kappa shape index (κ3) is 4.40. The quantitative estimate of drug-likeness (QED) is 0.294. The Morgan fingerprint density at radius 1 is 1.18 bits per heavy atom. The first-order valence-corrected chi connectivity index (χ1v) is 10.8. The van der Waals surface area contributed by atoms with E-state index in [1.165, 1.54) is 18.5 Å². The second-order valence-electron chi connectivity index (χ2n) is 7.62. The van der Waals surface area contributed by atoms with Crippen molar-refractivity contribution >= 4 is 23.1 Å². The van der Waals surface area contributed by atoms with Crippen LogP contribution in [0.5, 0.6) is 5.75 Å². The van der Waals surface area contributed by atoms with Crippen LogP contribution in [0.3, 0.4) is 0 Å². The van der Waals surface area contributed by atoms with Crippen LogP contribution in [0, 0.1) is 11.6 Å². The van der Waals surface area contributed by atoms with Gasteiger partial charge in [0.2, 0.25) is 5.82 Å². The van der Waals surface area contributed by atoms with Crippen molar-refractivity contribution in [2.45, 2.75) is 19.8 Å². The van der Waals surface area contributed by atoms with Gasteiger partial charge in [-0.3, -0.25) is 9.20 Å². The number of nitrogens with two attached hydrogens (primary N) is 1. The lowest BCUT2D eigenvalue weighted by Gasteiger charge is -2.13. The zero-order valence-electron chi connectivity index (χ0n) is 18.5. The highest BCUT2D eigenvalue weighted by molar-refractivity contribution is 5.96. The molecule has 0 unspecified atom stereocenters. The second kappa shape index (κ2) is 9.84. The van der Waals surface area contributed by atoms with Gasteiger partial charge in [0.05, 0.1) is 11.9 Å². The Morgan fingerprint density at radius 2 is 2.00 bits per heavy atom. The van der Waals surface area contributed by atoms with E-state index in [1.54, 1.807) is 22.7 Å². The number of carbonyl (C=O) groups is 1. The predicted octanol–water partition coefficient (Wildman–Crippen LogP) is 3.76. The van der Waals surface area contributed by atoms with Crippen molar-refractivity contribution in [2.24, 2.45) is 5.73 Å². The maximum Gasteiger partial charge on any atom is 0.251 e. The molecule has 2 aromatic heterocycles. The fourth-order valence-electron chi connectivity index (χ4n) is 3.67. The number of fused-ring (bicyclic) bond motifs is 1. The van der Waals surface area contributed by atoms with Crippen molar-refractivity contribution in [2.75, 3.05) is 18.4 Å². The summed E-state index contributed by atoms with van der Waals surface area (Å²) in [4.78, 5) is 21.1. The van der Waals surface area contributed by atoms with Gasteiger partial charge in [-0.1, -0.05) is 6.92 Å². The highest BCUT2D eigenvalue weighted by atomic mass is 19.2. The van der Waals surface area contributed by atoms with Crippen molar-refractivity contribution in [3.05, 3.63) is 71.7 Å². The molecule has 4 rings (SSSR count). The van der Waals surface area contributed by atoms with Crippen LogP contribution in [-0.4, -0.2) is 38.5 Å². The number of anilines is 2. The molecule has 0 aliphatic rings. The summed E-state index contributed by atoms with van der Waals surface area (Å²) < 4.78 is 29.9. The zero-order chi connectivity index (χ0) is 24.2. The Morgan fingerprint density at radius 3 is 2.76 bits per heavy atom. The number of nitrogens with one attached hydrogen (secondary N) is 2. The first-order valence-electron chi connectivity index (χ1n) is 10.8. The average Bonchev–Trinajstić information content (AvgIpc) is 3.27. The summed E-state index contributed by atoms with van der Waals surface area (Å²) in [5.41, 5.74) is 8.27. The molecule has 1 amide bonds. The van der Waals surface area contributed by atoms with E-state index in [1.807, 2.05) is 13.0 Å². The van der Waals surface area contributed by atoms with Crippen molar-refractivity contribution in [3.8, 4) is 17.0 Å². The molecular formula is C24H24F2N6O2. The smallest absolute Gasteiger partial charge is 0.251 e. The molecule has 2 heterocycles. The molecule has 4 aromatic rings. The summed E-state index contributed by atoms with van der Waals surface area (Å²) >= 11 is 0. The minimum atomic E-state index is -1.32. The first-order chi connectivity index (χ1) is 16.4. The molecule has 34 heavy (non-hydrogen) atoms. The molecule has 0 aliphatic carbocycles. The van der Waals surface area contributed by atoms with E-state index >= 15 is 0 Å². The number of rotatable bonds is 8. The monoisotopic (exact) mass is 466 g/mol. The molecular weight excluding hydrogens is 442 g/mol. The number of nitrogens with zero attached hydrogens (tertiary/aromatic N) is 3. The normalized spacial score (nSPS) is 11.1. The number of phenols is 1. The number of benzene rings is 2. The Hall–Kier alpha value is -4.05. The summed E-state index contributed by atoms with van der Waals surface area (Å²) in [6.45, 7) is 2.98. The topological polar surface area (TPSA) is 118 Å². The molecule has 0 bridgehead atoms. The minimum Gasteiger partial charge on any atom is -0.505 e. The van der Waals surface area contributed by atoms with Gasteiger partial charge in [0.1, 0.15) is 0 Å². The van der Waals surface area contributed by atoms with Crippen molar-refractivity contribution in [3.63, 3.8) is 0 Å². The Balaban J connectivity index is 1.65. The summed E-state index contributed by atoms with van der Waals surface area (Å²) in [5.74, 6) is -3.00. The molecule has 2 aromatic carbocycles. The third-order valence-electron chi connectivity index (χ3n) is 5.43. The van der Waals surface area contributed by atoms with Crippen molar-refractivity contribution in [1.29, 1.82) is 0 Å². The fourth-order valence-corrected chi connectivity index (χ4v) is 3.67. The van der Waals surface area contributed by atoms with Gasteiger partial charge in [0.25, 0.3) is 5.91 Å². The molecule has 0 radical (unpaired) electrons. The number of amides is 1. The largest absolute Gasteiger partial charge is 0.505 e. The molecule has 0 saturated carbocycles. The van der Waals surface area contributed by atoms with Crippen LogP contribution >= 0.6 is 0 Å². The molecule has 8 nitrogen and oxygen atoms in total. The highest BCUT2D eigenvalue weighted by Gasteiger charge is 2.19. The van der Waals surface area contributed by atoms with Gasteiger partial charge in [-0.15, -0.1) is 0 Å². The van der Waals surface area contributed by atoms with Crippen LogP contribution in [0.2, 0.25) is 0 Å². The lowest BCUT2D eigenvalue weighted by molar-refractivity contribution is 0.0952. The molecule has 0 fully saturated rings. The van der Waals surface area contributed by atoms with Gasteiger partial charge in [0, 0.05) is 35.8 Å². The number of aromatic hydroxyl groups is 1. The highest BCUT2D eigenvalue weighted by Crippen LogP contribution is 2.31. The van der Waals surface area contributed by atoms with Crippen LogP contribution in [0.4, 0.5) is 20.3 Å². The standard InChI is InChI=1S/C24H24F2N6O2/c1-2-14-12-15(4-5-16(14)24(34)29-9-3-8-27)31-22-23-30-13-18(32(23)11-10-28-22)17-6-7-19(33)21(26)20(17)25/h4-7,10-13,33H,2-3,8-9,27H2,1H3,(H,28,31)(H,29,34). The van der Waals surface area contributed by atoms with Gasteiger partial charge < -0.3 is 21.5 Å². The van der Waals surface area contributed by atoms with Crippen molar-refractivity contribution in [1.82, 2.24) is 19.7 Å². The van der Waals surface area contributed by atoms with Crippen LogP contribution in [0.15, 0.2) is 48.9 Å². The summed E-state index contributed by atoms with van der Waals surface area (Å²) in [6, 6.07) is 7.75. The van der Waals surface area contributed by atoms with Crippen molar-refractivity contribution < 1.29 is 18.7 Å². The lowest BCUT2D eigenvalue weighted by atomic mass is 10.0. The van der Waals surface area contributed by atoms with E-state index in [9.17, 15) is 18.7 Å². The van der Waals surface area contributed by atoms with E-state index in [2.05, 4.69) is 20.6 Å². The van der Waals surface area contributed by atoms with Crippen LogP contribution in [0.25, 0.3) is 16.9 Å². The Labute approximate surface area is 194 Å². The van der Waals surface area contributed by atoms with Gasteiger partial charge in [-0.25, -0.2) is 14.4 Å². The number of hydrogen-bond donors (Lipinski definition) is 4. The number of hydrogen-bond acceptors (Lipinski definition) is 6. The first kappa shape index (κ1) is 23.1. The average molecular weight is 466 g/mol. The molecule has 0 aliphatic heterocycles. The van der Waals surface area contributed by atoms with E-state index < -0.39 is 17.4 Å². The van der Waals surface area contributed by atoms with Crippen LogP contribution in [0.1, 0.15) is 29.3 Å². The Bertz CT molecular complexity index is 1360. The number of imidazole rings is 1. The zero-order valence-corrected chi connectivity index (χ0v) is 18.5. The number of aryl methyl sites for hydroxylation is 1. The van der Waals surface area contributed by atoms with Gasteiger partial charge in [-0.05, 0) is 55.3 Å². The number of carbonyl (C=O) groups excluding carboxylic acids is 1. The third-order valence-corrected chi connectivity index (χ3v) is 5.43. The lowest BCUT2D eigenvalue weighted by Crippen LogP contribution is -2.26. The van der Waals surface area contributed by atoms with Gasteiger partial charge >= 0.3 is 0 Å². The summed E-state index contributed by atoms with van der Waals surface area (Å²) in [6.07, 6.45) is 5.85. The van der Waals surface area contributed by atoms with Crippen LogP contribution < -0.4 is 16.4 Å². The van der Waals surface area contributed by atoms with Crippen LogP contribution in [-0.2, 0) is 6.42 Å². The van der Waals surface area contributed by atoms with Gasteiger partial charge in [-0.2, -0.15) is 4.39 Å². The molecule has 0 saturated heterocycles. The van der Waals surface area contributed by atoms with E-state index in [0.717, 1.165) is 11.6 Å². The van der Waals surface area contributed by atoms with Gasteiger partial charge in [0.15, 0.2) is 23.0 Å². The number of aromatic nitrogens is 3. The molecule has 0 spiro atoms. The predicted molar refractivity (Wildman–Crippen MR) is 125 cm³/mol. The Kier molecular flexibility index (Phi) is 6.69. The summed E-state index contributed by atoms with van der Waals surface area (Å²) in [7, 11) is 0.